The van der Waals surface area contributed by atoms with Crippen LogP contribution in [0.4, 0.5) is 10.5 Å². The van der Waals surface area contributed by atoms with E-state index in [2.05, 4.69) is 16.3 Å². The van der Waals surface area contributed by atoms with Gasteiger partial charge in [-0.25, -0.2) is 4.79 Å². The average Bonchev–Trinajstić information content (AvgIpc) is 2.88. The first-order valence-corrected chi connectivity index (χ1v) is 10.6. The number of anilines is 1. The summed E-state index contributed by atoms with van der Waals surface area (Å²) in [6.07, 6.45) is 4.18. The Morgan fingerprint density at radius 2 is 2.10 bits per heavy atom. The fraction of sp³-hybridized carbons (Fsp3) is 0.591. The van der Waals surface area contributed by atoms with Crippen LogP contribution >= 0.6 is 0 Å². The lowest BCUT2D eigenvalue weighted by atomic mass is 9.68. The Morgan fingerprint density at radius 1 is 1.34 bits per heavy atom. The van der Waals surface area contributed by atoms with Crippen LogP contribution < -0.4 is 5.32 Å². The van der Waals surface area contributed by atoms with Crippen molar-refractivity contribution in [3.63, 3.8) is 0 Å². The first kappa shape index (κ1) is 19.7. The molecule has 4 rings (SSSR count). The van der Waals surface area contributed by atoms with Crippen molar-refractivity contribution in [3.8, 4) is 6.07 Å². The maximum Gasteiger partial charge on any atom is 0.407 e. The van der Waals surface area contributed by atoms with Gasteiger partial charge in [0.15, 0.2) is 0 Å². The fourth-order valence-corrected chi connectivity index (χ4v) is 5.46. The van der Waals surface area contributed by atoms with E-state index in [1.165, 1.54) is 0 Å². The minimum atomic E-state index is -0.825. The molecular weight excluding hydrogens is 368 g/mol. The summed E-state index contributed by atoms with van der Waals surface area (Å²) in [5, 5.41) is 21.8. The van der Waals surface area contributed by atoms with E-state index in [0.717, 1.165) is 62.9 Å². The number of benzene rings is 1. The van der Waals surface area contributed by atoms with Crippen LogP contribution in [0.25, 0.3) is 0 Å². The minimum absolute atomic E-state index is 0.0274. The van der Waals surface area contributed by atoms with Crippen molar-refractivity contribution in [1.29, 1.82) is 5.26 Å². The number of hydrogen-bond acceptors (Lipinski definition) is 4. The molecule has 154 valence electrons. The maximum absolute atomic E-state index is 12.9. The van der Waals surface area contributed by atoms with Gasteiger partial charge in [0.2, 0.25) is 5.91 Å². The second-order valence-electron chi connectivity index (χ2n) is 8.53. The van der Waals surface area contributed by atoms with Gasteiger partial charge in [0.05, 0.1) is 17.0 Å². The summed E-state index contributed by atoms with van der Waals surface area (Å²) in [6.45, 7) is 4.31. The number of fused-ring (bicyclic) bond motifs is 2. The number of nitriles is 1. The molecule has 1 aromatic rings. The molecule has 1 spiro atoms. The highest BCUT2D eigenvalue weighted by Crippen LogP contribution is 2.48. The first-order valence-electron chi connectivity index (χ1n) is 10.6. The van der Waals surface area contributed by atoms with Crippen LogP contribution in [0.15, 0.2) is 18.2 Å². The minimum Gasteiger partial charge on any atom is -0.465 e. The third-order valence-corrected chi connectivity index (χ3v) is 7.12. The zero-order valence-electron chi connectivity index (χ0n) is 16.9. The standard InChI is InChI=1S/C22H28N4O3/c1-2-16-14-25(10-3-11-26(16)21(28)29)17-6-8-22(9-7-17)18-12-15(13-23)4-5-19(18)24-20(22)27/h4-5,12,16-17H,2-3,6-11,14H2,1H3,(H,24,27)(H,28,29). The van der Waals surface area contributed by atoms with Crippen LogP contribution in [0.3, 0.4) is 0 Å². The van der Waals surface area contributed by atoms with Crippen molar-refractivity contribution >= 4 is 17.7 Å². The van der Waals surface area contributed by atoms with Crippen molar-refractivity contribution in [1.82, 2.24) is 9.80 Å². The van der Waals surface area contributed by atoms with Gasteiger partial charge in [0.1, 0.15) is 0 Å². The van der Waals surface area contributed by atoms with E-state index in [9.17, 15) is 20.0 Å². The summed E-state index contributed by atoms with van der Waals surface area (Å²) in [6, 6.07) is 8.05. The number of carbonyl (C=O) groups is 2. The second kappa shape index (κ2) is 7.68. The zero-order valence-corrected chi connectivity index (χ0v) is 16.9. The van der Waals surface area contributed by atoms with E-state index in [1.54, 1.807) is 11.0 Å². The monoisotopic (exact) mass is 396 g/mol. The van der Waals surface area contributed by atoms with Gasteiger partial charge in [-0.15, -0.1) is 0 Å². The second-order valence-corrected chi connectivity index (χ2v) is 8.53. The zero-order chi connectivity index (χ0) is 20.6. The fourth-order valence-electron chi connectivity index (χ4n) is 5.46. The first-order chi connectivity index (χ1) is 14.0. The Morgan fingerprint density at radius 3 is 2.76 bits per heavy atom. The third-order valence-electron chi connectivity index (χ3n) is 7.12. The molecule has 0 radical (unpaired) electrons. The molecule has 2 fully saturated rings. The summed E-state index contributed by atoms with van der Waals surface area (Å²) >= 11 is 0. The SMILES string of the molecule is CCC1CN(C2CCC3(CC2)C(=O)Nc2ccc(C#N)cc23)CCCN1C(=O)O. The highest BCUT2D eigenvalue weighted by atomic mass is 16.4. The van der Waals surface area contributed by atoms with Crippen molar-refractivity contribution in [2.24, 2.45) is 0 Å². The van der Waals surface area contributed by atoms with Gasteiger partial charge in [-0.2, -0.15) is 5.26 Å². The van der Waals surface area contributed by atoms with E-state index in [4.69, 9.17) is 0 Å². The van der Waals surface area contributed by atoms with Gasteiger partial charge in [-0.3, -0.25) is 9.69 Å². The van der Waals surface area contributed by atoms with Crippen molar-refractivity contribution in [2.45, 2.75) is 62.9 Å². The van der Waals surface area contributed by atoms with Gasteiger partial charge in [-0.1, -0.05) is 6.92 Å². The molecule has 2 aliphatic heterocycles. The van der Waals surface area contributed by atoms with Gasteiger partial charge in [0.25, 0.3) is 0 Å². The normalized spacial score (nSPS) is 29.8. The van der Waals surface area contributed by atoms with E-state index in [-0.39, 0.29) is 11.9 Å². The Balaban J connectivity index is 1.50. The summed E-state index contributed by atoms with van der Waals surface area (Å²) in [5.74, 6) is 0.0559. The highest BCUT2D eigenvalue weighted by molar-refractivity contribution is 6.06. The molecule has 1 unspecified atom stereocenters. The molecule has 0 bridgehead atoms. The molecule has 1 aromatic carbocycles. The number of carboxylic acid groups (broad SMARTS) is 1. The van der Waals surface area contributed by atoms with Crippen LogP contribution in [0.2, 0.25) is 0 Å². The van der Waals surface area contributed by atoms with Gasteiger partial charge in [-0.05, 0) is 62.3 Å². The Kier molecular flexibility index (Phi) is 5.22. The smallest absolute Gasteiger partial charge is 0.407 e. The van der Waals surface area contributed by atoms with Crippen LogP contribution in [0.1, 0.15) is 56.6 Å². The Bertz CT molecular complexity index is 854. The summed E-state index contributed by atoms with van der Waals surface area (Å²) in [4.78, 5) is 28.5. The number of carbonyl (C=O) groups excluding carboxylic acids is 1. The quantitative estimate of drug-likeness (QED) is 0.800. The molecule has 1 saturated heterocycles. The van der Waals surface area contributed by atoms with Crippen LogP contribution in [0.5, 0.6) is 0 Å². The summed E-state index contributed by atoms with van der Waals surface area (Å²) in [7, 11) is 0. The molecule has 1 atom stereocenters. The number of nitrogens with zero attached hydrogens (tertiary/aromatic N) is 3. The van der Waals surface area contributed by atoms with E-state index in [0.29, 0.717) is 18.2 Å². The molecule has 2 heterocycles. The van der Waals surface area contributed by atoms with Crippen molar-refractivity contribution in [3.05, 3.63) is 29.3 Å². The number of nitrogens with one attached hydrogen (secondary N) is 1. The number of amides is 2. The molecule has 7 nitrogen and oxygen atoms in total. The van der Waals surface area contributed by atoms with E-state index >= 15 is 0 Å². The maximum atomic E-state index is 12.9. The van der Waals surface area contributed by atoms with Crippen LogP contribution in [-0.2, 0) is 10.2 Å². The Hall–Kier alpha value is -2.59. The number of rotatable bonds is 2. The summed E-state index contributed by atoms with van der Waals surface area (Å²) < 4.78 is 0. The van der Waals surface area contributed by atoms with E-state index in [1.807, 2.05) is 19.1 Å². The molecule has 1 saturated carbocycles. The highest BCUT2D eigenvalue weighted by Gasteiger charge is 2.49. The topological polar surface area (TPSA) is 96.7 Å². The molecule has 0 aromatic heterocycles. The average molecular weight is 396 g/mol. The lowest BCUT2D eigenvalue weighted by Gasteiger charge is -2.41. The Labute approximate surface area is 171 Å². The molecule has 1 aliphatic carbocycles. The predicted molar refractivity (Wildman–Crippen MR) is 109 cm³/mol. The number of hydrogen-bond donors (Lipinski definition) is 2. The molecular formula is C22H28N4O3. The van der Waals surface area contributed by atoms with Gasteiger partial charge >= 0.3 is 6.09 Å². The largest absolute Gasteiger partial charge is 0.465 e. The molecule has 3 aliphatic rings. The van der Waals surface area contributed by atoms with Crippen molar-refractivity contribution in [2.75, 3.05) is 25.0 Å². The van der Waals surface area contributed by atoms with Crippen LogP contribution in [0, 0.1) is 11.3 Å². The van der Waals surface area contributed by atoms with Gasteiger partial charge < -0.3 is 15.3 Å². The molecule has 2 N–H and O–H groups in total. The predicted octanol–water partition coefficient (Wildman–Crippen LogP) is 3.16. The van der Waals surface area contributed by atoms with E-state index < -0.39 is 11.5 Å². The van der Waals surface area contributed by atoms with Crippen LogP contribution in [-0.4, -0.2) is 58.6 Å². The lowest BCUT2D eigenvalue weighted by molar-refractivity contribution is -0.122. The molecule has 2 amide bonds. The third kappa shape index (κ3) is 3.36. The van der Waals surface area contributed by atoms with Gasteiger partial charge in [0, 0.05) is 37.4 Å². The lowest BCUT2D eigenvalue weighted by Crippen LogP contribution is -2.49. The molecule has 29 heavy (non-hydrogen) atoms. The summed E-state index contributed by atoms with van der Waals surface area (Å²) in [5.41, 5.74) is 1.88. The molecule has 7 heteroatoms. The van der Waals surface area contributed by atoms with Crippen molar-refractivity contribution < 1.29 is 14.7 Å².